The fourth-order valence-electron chi connectivity index (χ4n) is 3.35. The average Bonchev–Trinajstić information content (AvgIpc) is 2.76. The molecule has 8 nitrogen and oxygen atoms in total. The standard InChI is InChI=1S/C22H24ClN3O5/c1-5-13(2)26-21(28)14-8-6-7-9-17(14)25(22(26)29)12-20(27)24-16-10-15(23)18(30-3)11-19(16)31-4/h6-11,13H,5,12H2,1-4H3,(H,24,27). The lowest BCUT2D eigenvalue weighted by Crippen LogP contribution is -2.43. The van der Waals surface area contributed by atoms with Crippen LogP contribution in [0.2, 0.25) is 5.02 Å². The Morgan fingerprint density at radius 3 is 2.45 bits per heavy atom. The number of hydrogen-bond acceptors (Lipinski definition) is 5. The molecule has 0 radical (unpaired) electrons. The number of hydrogen-bond donors (Lipinski definition) is 1. The van der Waals surface area contributed by atoms with Gasteiger partial charge in [-0.2, -0.15) is 0 Å². The summed E-state index contributed by atoms with van der Waals surface area (Å²) in [7, 11) is 2.93. The number of ether oxygens (including phenoxy) is 2. The molecular weight excluding hydrogens is 422 g/mol. The molecule has 1 atom stereocenters. The second kappa shape index (κ2) is 9.26. The fraction of sp³-hybridized carbons (Fsp3) is 0.318. The predicted octanol–water partition coefficient (Wildman–Crippen LogP) is 3.44. The number of halogens is 1. The average molecular weight is 446 g/mol. The molecule has 0 aliphatic carbocycles. The van der Waals surface area contributed by atoms with E-state index in [1.807, 2.05) is 6.92 Å². The van der Waals surface area contributed by atoms with Crippen LogP contribution in [-0.4, -0.2) is 29.3 Å². The molecule has 1 N–H and O–H groups in total. The molecule has 0 spiro atoms. The van der Waals surface area contributed by atoms with E-state index in [0.717, 1.165) is 0 Å². The predicted molar refractivity (Wildman–Crippen MR) is 121 cm³/mol. The molecule has 3 aromatic rings. The first-order valence-corrected chi connectivity index (χ1v) is 10.2. The van der Waals surface area contributed by atoms with Crippen molar-refractivity contribution in [3.05, 3.63) is 62.3 Å². The Hall–Kier alpha value is -3.26. The monoisotopic (exact) mass is 445 g/mol. The van der Waals surface area contributed by atoms with E-state index in [2.05, 4.69) is 5.32 Å². The van der Waals surface area contributed by atoms with Crippen LogP contribution in [0, 0.1) is 0 Å². The summed E-state index contributed by atoms with van der Waals surface area (Å²) in [5, 5.41) is 3.39. The quantitative estimate of drug-likeness (QED) is 0.601. The zero-order chi connectivity index (χ0) is 22.7. The van der Waals surface area contributed by atoms with Gasteiger partial charge in [0.1, 0.15) is 18.0 Å². The van der Waals surface area contributed by atoms with Gasteiger partial charge in [-0.25, -0.2) is 4.79 Å². The third-order valence-corrected chi connectivity index (χ3v) is 5.46. The molecule has 1 amide bonds. The van der Waals surface area contributed by atoms with Crippen molar-refractivity contribution in [3.8, 4) is 11.5 Å². The number of rotatable bonds is 7. The van der Waals surface area contributed by atoms with Crippen LogP contribution in [0.5, 0.6) is 11.5 Å². The lowest BCUT2D eigenvalue weighted by atomic mass is 10.2. The Labute approximate surface area is 184 Å². The molecule has 1 unspecified atom stereocenters. The number of fused-ring (bicyclic) bond motifs is 1. The second-order valence-corrected chi connectivity index (χ2v) is 7.46. The van der Waals surface area contributed by atoms with Gasteiger partial charge in [-0.05, 0) is 31.5 Å². The molecule has 164 valence electrons. The van der Waals surface area contributed by atoms with Crippen LogP contribution in [0.1, 0.15) is 26.3 Å². The van der Waals surface area contributed by atoms with E-state index in [1.54, 1.807) is 37.3 Å². The molecule has 3 rings (SSSR count). The molecule has 2 aromatic carbocycles. The molecule has 0 saturated heterocycles. The largest absolute Gasteiger partial charge is 0.495 e. The van der Waals surface area contributed by atoms with Gasteiger partial charge in [0, 0.05) is 12.1 Å². The third-order valence-electron chi connectivity index (χ3n) is 5.16. The third kappa shape index (κ3) is 4.29. The van der Waals surface area contributed by atoms with Crippen molar-refractivity contribution in [3.63, 3.8) is 0 Å². The molecular formula is C22H24ClN3O5. The van der Waals surface area contributed by atoms with Crippen molar-refractivity contribution in [2.24, 2.45) is 0 Å². The number of aromatic nitrogens is 2. The van der Waals surface area contributed by atoms with E-state index in [1.165, 1.54) is 29.4 Å². The lowest BCUT2D eigenvalue weighted by molar-refractivity contribution is -0.116. The minimum Gasteiger partial charge on any atom is -0.495 e. The van der Waals surface area contributed by atoms with Crippen molar-refractivity contribution in [1.82, 2.24) is 9.13 Å². The highest BCUT2D eigenvalue weighted by Crippen LogP contribution is 2.35. The molecule has 0 aliphatic rings. The summed E-state index contributed by atoms with van der Waals surface area (Å²) in [6, 6.07) is 9.51. The smallest absolute Gasteiger partial charge is 0.332 e. The molecule has 0 aliphatic heterocycles. The number of amides is 1. The van der Waals surface area contributed by atoms with E-state index in [9.17, 15) is 14.4 Å². The molecule has 0 bridgehead atoms. The first kappa shape index (κ1) is 22.4. The number of anilines is 1. The molecule has 0 fully saturated rings. The minimum atomic E-state index is -0.534. The maximum atomic E-state index is 13.1. The van der Waals surface area contributed by atoms with Crippen molar-refractivity contribution in [2.75, 3.05) is 19.5 Å². The Morgan fingerprint density at radius 2 is 1.81 bits per heavy atom. The summed E-state index contributed by atoms with van der Waals surface area (Å²) in [5.41, 5.74) is -0.166. The van der Waals surface area contributed by atoms with E-state index < -0.39 is 11.6 Å². The van der Waals surface area contributed by atoms with E-state index >= 15 is 0 Å². The van der Waals surface area contributed by atoms with Gasteiger partial charge in [-0.1, -0.05) is 30.7 Å². The van der Waals surface area contributed by atoms with Gasteiger partial charge in [0.05, 0.1) is 35.8 Å². The molecule has 0 saturated carbocycles. The van der Waals surface area contributed by atoms with Crippen molar-refractivity contribution < 1.29 is 14.3 Å². The number of nitrogens with zero attached hydrogens (tertiary/aromatic N) is 2. The van der Waals surface area contributed by atoms with Gasteiger partial charge in [0.15, 0.2) is 0 Å². The summed E-state index contributed by atoms with van der Waals surface area (Å²) in [5.74, 6) is 0.289. The number of benzene rings is 2. The van der Waals surface area contributed by atoms with Crippen molar-refractivity contribution in [2.45, 2.75) is 32.9 Å². The first-order chi connectivity index (χ1) is 14.8. The Morgan fingerprint density at radius 1 is 1.13 bits per heavy atom. The van der Waals surface area contributed by atoms with Gasteiger partial charge in [0.25, 0.3) is 5.56 Å². The maximum absolute atomic E-state index is 13.1. The van der Waals surface area contributed by atoms with Crippen LogP contribution in [0.3, 0.4) is 0 Å². The van der Waals surface area contributed by atoms with E-state index in [0.29, 0.717) is 39.5 Å². The van der Waals surface area contributed by atoms with Crippen LogP contribution < -0.4 is 26.0 Å². The van der Waals surface area contributed by atoms with Gasteiger partial charge >= 0.3 is 5.69 Å². The normalized spacial score (nSPS) is 11.9. The molecule has 31 heavy (non-hydrogen) atoms. The summed E-state index contributed by atoms with van der Waals surface area (Å²) < 4.78 is 13.0. The molecule has 1 heterocycles. The van der Waals surface area contributed by atoms with Crippen LogP contribution in [0.4, 0.5) is 5.69 Å². The summed E-state index contributed by atoms with van der Waals surface area (Å²) in [6.07, 6.45) is 0.598. The van der Waals surface area contributed by atoms with Gasteiger partial charge < -0.3 is 14.8 Å². The second-order valence-electron chi connectivity index (χ2n) is 7.05. The zero-order valence-corrected chi connectivity index (χ0v) is 18.5. The first-order valence-electron chi connectivity index (χ1n) is 9.77. The van der Waals surface area contributed by atoms with Crippen molar-refractivity contribution in [1.29, 1.82) is 0 Å². The molecule has 9 heteroatoms. The Kier molecular flexibility index (Phi) is 6.70. The van der Waals surface area contributed by atoms with Gasteiger partial charge in [0.2, 0.25) is 5.91 Å². The summed E-state index contributed by atoms with van der Waals surface area (Å²) in [4.78, 5) is 38.9. The number of carbonyl (C=O) groups is 1. The van der Waals surface area contributed by atoms with Crippen molar-refractivity contribution >= 4 is 34.1 Å². The topological polar surface area (TPSA) is 91.6 Å². The zero-order valence-electron chi connectivity index (χ0n) is 17.8. The van der Waals surface area contributed by atoms with Crippen LogP contribution in [-0.2, 0) is 11.3 Å². The summed E-state index contributed by atoms with van der Waals surface area (Å²) >= 11 is 6.17. The minimum absolute atomic E-state index is 0.289. The van der Waals surface area contributed by atoms with Crippen LogP contribution >= 0.6 is 11.6 Å². The number of nitrogens with one attached hydrogen (secondary N) is 1. The Balaban J connectivity index is 2.04. The van der Waals surface area contributed by atoms with Gasteiger partial charge in [-0.15, -0.1) is 0 Å². The fourth-order valence-corrected chi connectivity index (χ4v) is 3.60. The highest BCUT2D eigenvalue weighted by molar-refractivity contribution is 6.32. The molecule has 1 aromatic heterocycles. The van der Waals surface area contributed by atoms with Crippen LogP contribution in [0.25, 0.3) is 10.9 Å². The van der Waals surface area contributed by atoms with E-state index in [4.69, 9.17) is 21.1 Å². The lowest BCUT2D eigenvalue weighted by Gasteiger charge is -2.18. The number of carbonyl (C=O) groups excluding carboxylic acids is 1. The maximum Gasteiger partial charge on any atom is 0.332 e. The highest BCUT2D eigenvalue weighted by atomic mass is 35.5. The number of para-hydroxylation sites is 1. The Bertz CT molecular complexity index is 1250. The summed E-state index contributed by atoms with van der Waals surface area (Å²) in [6.45, 7) is 3.40. The van der Waals surface area contributed by atoms with Gasteiger partial charge in [-0.3, -0.25) is 18.7 Å². The number of methoxy groups -OCH3 is 2. The van der Waals surface area contributed by atoms with E-state index in [-0.39, 0.29) is 18.1 Å². The highest BCUT2D eigenvalue weighted by Gasteiger charge is 2.19. The SMILES string of the molecule is CCC(C)n1c(=O)c2ccccc2n(CC(=O)Nc2cc(Cl)c(OC)cc2OC)c1=O. The van der Waals surface area contributed by atoms with Crippen LogP contribution in [0.15, 0.2) is 46.0 Å².